The molecule has 3 nitrogen and oxygen atoms in total. The summed E-state index contributed by atoms with van der Waals surface area (Å²) in [7, 11) is 0. The maximum atomic E-state index is 5.41. The van der Waals surface area contributed by atoms with Gasteiger partial charge in [-0.15, -0.1) is 11.3 Å². The smallest absolute Gasteiger partial charge is 0.235 e. The molecule has 3 aromatic heterocycles. The van der Waals surface area contributed by atoms with Gasteiger partial charge in [0.1, 0.15) is 0 Å². The first-order valence-electron chi connectivity index (χ1n) is 16.2. The predicted molar refractivity (Wildman–Crippen MR) is 203 cm³/mol. The molecule has 0 aliphatic heterocycles. The minimum absolute atomic E-state index is 0.662. The normalized spacial score (nSPS) is 11.8. The van der Waals surface area contributed by atoms with Crippen LogP contribution in [0.3, 0.4) is 0 Å². The highest BCUT2D eigenvalue weighted by atomic mass is 32.1. The Morgan fingerprint density at radius 2 is 1.00 bits per heavy atom. The van der Waals surface area contributed by atoms with E-state index in [-0.39, 0.29) is 0 Å². The van der Waals surface area contributed by atoms with Crippen molar-refractivity contribution in [1.82, 2.24) is 14.5 Å². The summed E-state index contributed by atoms with van der Waals surface area (Å²) in [5.74, 6) is 0.662. The van der Waals surface area contributed by atoms with Gasteiger partial charge in [0.25, 0.3) is 0 Å². The van der Waals surface area contributed by atoms with E-state index in [1.807, 2.05) is 17.4 Å². The quantitative estimate of drug-likeness (QED) is 0.194. The van der Waals surface area contributed by atoms with Gasteiger partial charge in [0.05, 0.1) is 22.4 Å². The monoisotopic (exact) mass is 629 g/mol. The van der Waals surface area contributed by atoms with Crippen LogP contribution in [0.4, 0.5) is 0 Å². The van der Waals surface area contributed by atoms with Gasteiger partial charge in [-0.3, -0.25) is 4.57 Å². The lowest BCUT2D eigenvalue weighted by molar-refractivity contribution is 0.998. The topological polar surface area (TPSA) is 30.7 Å². The highest BCUT2D eigenvalue weighted by Gasteiger charge is 2.23. The molecular formula is C44H27N3S. The van der Waals surface area contributed by atoms with E-state index in [9.17, 15) is 0 Å². The lowest BCUT2D eigenvalue weighted by Crippen LogP contribution is -2.04. The summed E-state index contributed by atoms with van der Waals surface area (Å²) in [5.41, 5.74) is 8.45. The van der Waals surface area contributed by atoms with Crippen LogP contribution in [-0.2, 0) is 0 Å². The molecule has 0 fully saturated rings. The van der Waals surface area contributed by atoms with Crippen molar-refractivity contribution < 1.29 is 0 Å². The van der Waals surface area contributed by atoms with Gasteiger partial charge in [-0.1, -0.05) is 140 Å². The minimum Gasteiger partial charge on any atom is -0.277 e. The van der Waals surface area contributed by atoms with Crippen molar-refractivity contribution in [2.75, 3.05) is 0 Å². The zero-order valence-electron chi connectivity index (χ0n) is 25.8. The number of thiophene rings is 1. The third kappa shape index (κ3) is 4.13. The fourth-order valence-electron chi connectivity index (χ4n) is 7.25. The second-order valence-electron chi connectivity index (χ2n) is 12.2. The predicted octanol–water partition coefficient (Wildman–Crippen LogP) is 12.1. The van der Waals surface area contributed by atoms with Gasteiger partial charge >= 0.3 is 0 Å². The molecule has 0 aliphatic carbocycles. The van der Waals surface area contributed by atoms with Gasteiger partial charge < -0.3 is 0 Å². The third-order valence-corrected chi connectivity index (χ3v) is 10.6. The van der Waals surface area contributed by atoms with E-state index >= 15 is 0 Å². The van der Waals surface area contributed by atoms with Crippen LogP contribution in [0.25, 0.3) is 92.3 Å². The van der Waals surface area contributed by atoms with E-state index in [4.69, 9.17) is 9.97 Å². The molecule has 10 rings (SSSR count). The van der Waals surface area contributed by atoms with Crippen LogP contribution in [-0.4, -0.2) is 14.5 Å². The molecule has 0 atom stereocenters. The Bertz CT molecular complexity index is 2830. The first kappa shape index (κ1) is 27.1. The molecule has 0 radical (unpaired) electrons. The lowest BCUT2D eigenvalue weighted by atomic mass is 10.00. The number of hydrogen-bond donors (Lipinski definition) is 0. The molecule has 0 aliphatic rings. The maximum absolute atomic E-state index is 5.41. The van der Waals surface area contributed by atoms with Crippen LogP contribution in [0.15, 0.2) is 164 Å². The summed E-state index contributed by atoms with van der Waals surface area (Å²) in [4.78, 5) is 10.8. The molecule has 0 saturated heterocycles. The number of nitrogens with zero attached hydrogens (tertiary/aromatic N) is 3. The molecule has 0 N–H and O–H groups in total. The number of para-hydroxylation sites is 1. The Labute approximate surface area is 281 Å². The zero-order chi connectivity index (χ0) is 31.6. The SMILES string of the molecule is c1ccc(-c2cccc(-c3cc(-c4ccccc4)nc(-n4c5ccccc5c5c6ccccc6c6sc7ccccc7c6c54)n3)c2)cc1. The molecule has 7 aromatic carbocycles. The van der Waals surface area contributed by atoms with Crippen molar-refractivity contribution in [2.45, 2.75) is 0 Å². The van der Waals surface area contributed by atoms with Gasteiger partial charge in [0.15, 0.2) is 0 Å². The van der Waals surface area contributed by atoms with E-state index in [0.717, 1.165) is 39.1 Å². The average molecular weight is 630 g/mol. The summed E-state index contributed by atoms with van der Waals surface area (Å²) >= 11 is 1.87. The first-order valence-corrected chi connectivity index (χ1v) is 17.0. The van der Waals surface area contributed by atoms with Crippen LogP contribution in [0, 0.1) is 0 Å². The first-order chi connectivity index (χ1) is 23.8. The van der Waals surface area contributed by atoms with Crippen LogP contribution < -0.4 is 0 Å². The number of benzene rings is 7. The Morgan fingerprint density at radius 3 is 1.79 bits per heavy atom. The Balaban J connectivity index is 1.35. The summed E-state index contributed by atoms with van der Waals surface area (Å²) in [6.45, 7) is 0. The highest BCUT2D eigenvalue weighted by Crippen LogP contribution is 2.47. The maximum Gasteiger partial charge on any atom is 0.235 e. The summed E-state index contributed by atoms with van der Waals surface area (Å²) < 4.78 is 4.88. The van der Waals surface area contributed by atoms with E-state index in [2.05, 4.69) is 162 Å². The van der Waals surface area contributed by atoms with Gasteiger partial charge in [-0.2, -0.15) is 0 Å². The molecule has 0 spiro atoms. The van der Waals surface area contributed by atoms with Crippen LogP contribution in [0.2, 0.25) is 0 Å². The number of rotatable bonds is 4. The lowest BCUT2D eigenvalue weighted by Gasteiger charge is -2.13. The molecule has 0 saturated carbocycles. The molecule has 3 heterocycles. The van der Waals surface area contributed by atoms with Crippen molar-refractivity contribution in [3.8, 4) is 39.6 Å². The fourth-order valence-corrected chi connectivity index (χ4v) is 8.50. The minimum atomic E-state index is 0.662. The fraction of sp³-hybridized carbons (Fsp3) is 0. The molecule has 0 unspecified atom stereocenters. The van der Waals surface area contributed by atoms with Gasteiger partial charge in [-0.05, 0) is 40.8 Å². The standard InChI is InChI=1S/C44H27N3S/c1-3-14-28(15-4-1)30-18-13-19-31(26-30)37-27-36(29-16-5-2-6-17-29)45-44(46-37)47-38-24-11-9-22-34(38)40-32-20-7-8-21-33(32)43-41(42(40)47)35-23-10-12-25-39(35)48-43/h1-27H. The van der Waals surface area contributed by atoms with E-state index < -0.39 is 0 Å². The third-order valence-electron chi connectivity index (χ3n) is 9.40. The van der Waals surface area contributed by atoms with E-state index in [0.29, 0.717) is 5.95 Å². The van der Waals surface area contributed by atoms with E-state index in [1.54, 1.807) is 0 Å². The second kappa shape index (κ2) is 10.7. The van der Waals surface area contributed by atoms with Gasteiger partial charge in [-0.25, -0.2) is 9.97 Å². The second-order valence-corrected chi connectivity index (χ2v) is 13.2. The van der Waals surface area contributed by atoms with Crippen LogP contribution in [0.5, 0.6) is 0 Å². The van der Waals surface area contributed by atoms with E-state index in [1.165, 1.54) is 47.3 Å². The summed E-state index contributed by atoms with van der Waals surface area (Å²) in [6, 6.07) is 58.1. The number of fused-ring (bicyclic) bond motifs is 10. The van der Waals surface area contributed by atoms with Crippen molar-refractivity contribution in [1.29, 1.82) is 0 Å². The Kier molecular flexibility index (Phi) is 6.05. The molecule has 4 heteroatoms. The van der Waals surface area contributed by atoms with Crippen molar-refractivity contribution in [3.05, 3.63) is 164 Å². The highest BCUT2D eigenvalue weighted by molar-refractivity contribution is 7.27. The Morgan fingerprint density at radius 1 is 0.417 bits per heavy atom. The molecule has 0 bridgehead atoms. The summed E-state index contributed by atoms with van der Waals surface area (Å²) in [5, 5.41) is 7.47. The molecule has 10 aromatic rings. The van der Waals surface area contributed by atoms with Crippen molar-refractivity contribution in [3.63, 3.8) is 0 Å². The Hall–Kier alpha value is -6.10. The summed E-state index contributed by atoms with van der Waals surface area (Å²) in [6.07, 6.45) is 0. The van der Waals surface area contributed by atoms with Crippen LogP contribution >= 0.6 is 11.3 Å². The number of aromatic nitrogens is 3. The van der Waals surface area contributed by atoms with Gasteiger partial charge in [0.2, 0.25) is 5.95 Å². The van der Waals surface area contributed by atoms with Gasteiger partial charge in [0, 0.05) is 47.5 Å². The molecular weight excluding hydrogens is 603 g/mol. The zero-order valence-corrected chi connectivity index (χ0v) is 26.7. The van der Waals surface area contributed by atoms with Crippen molar-refractivity contribution >= 4 is 64.1 Å². The molecule has 48 heavy (non-hydrogen) atoms. The van der Waals surface area contributed by atoms with Crippen molar-refractivity contribution in [2.24, 2.45) is 0 Å². The average Bonchev–Trinajstić information content (AvgIpc) is 3.72. The number of hydrogen-bond acceptors (Lipinski definition) is 3. The molecule has 0 amide bonds. The van der Waals surface area contributed by atoms with Crippen LogP contribution in [0.1, 0.15) is 0 Å². The molecule has 224 valence electrons. The largest absolute Gasteiger partial charge is 0.277 e.